The number of likely N-dealkylation sites (N-methyl/N-ethyl adjacent to an activating group) is 1. The molecule has 1 amide bonds. The molecule has 0 saturated carbocycles. The van der Waals surface area contributed by atoms with Gasteiger partial charge in [0.1, 0.15) is 0 Å². The average Bonchev–Trinajstić information content (AvgIpc) is 2.87. The number of hydrogen-bond acceptors (Lipinski definition) is 4. The number of anilines is 1. The highest BCUT2D eigenvalue weighted by Crippen LogP contribution is 2.28. The second-order valence-electron chi connectivity index (χ2n) is 4.60. The number of aromatic nitrogens is 1. The van der Waals surface area contributed by atoms with Crippen molar-refractivity contribution in [1.29, 1.82) is 0 Å². The van der Waals surface area contributed by atoms with Crippen LogP contribution in [-0.2, 0) is 4.79 Å². The van der Waals surface area contributed by atoms with Crippen molar-refractivity contribution in [3.63, 3.8) is 0 Å². The molecule has 1 fully saturated rings. The Labute approximate surface area is 106 Å². The SMILES string of the molecule is CCNC1CCN(c2nc(C(C)C)cs2)C1=O. The van der Waals surface area contributed by atoms with E-state index in [2.05, 4.69) is 24.1 Å². The zero-order valence-electron chi connectivity index (χ0n) is 10.6. The van der Waals surface area contributed by atoms with Gasteiger partial charge in [0.05, 0.1) is 11.7 Å². The van der Waals surface area contributed by atoms with Crippen LogP contribution in [0.15, 0.2) is 5.38 Å². The highest BCUT2D eigenvalue weighted by atomic mass is 32.1. The number of rotatable bonds is 4. The number of hydrogen-bond donors (Lipinski definition) is 1. The molecule has 94 valence electrons. The molecule has 2 rings (SSSR count). The van der Waals surface area contributed by atoms with Crippen LogP contribution in [0.25, 0.3) is 0 Å². The predicted molar refractivity (Wildman–Crippen MR) is 70.6 cm³/mol. The van der Waals surface area contributed by atoms with E-state index in [9.17, 15) is 4.79 Å². The summed E-state index contributed by atoms with van der Waals surface area (Å²) in [5.74, 6) is 0.582. The Morgan fingerprint density at radius 2 is 2.41 bits per heavy atom. The Bertz CT molecular complexity index is 402. The van der Waals surface area contributed by atoms with E-state index in [0.717, 1.165) is 30.3 Å². The molecule has 17 heavy (non-hydrogen) atoms. The smallest absolute Gasteiger partial charge is 0.245 e. The molecule has 1 unspecified atom stereocenters. The van der Waals surface area contributed by atoms with Gasteiger partial charge in [-0.25, -0.2) is 4.98 Å². The number of carbonyl (C=O) groups is 1. The van der Waals surface area contributed by atoms with Gasteiger partial charge in [-0.2, -0.15) is 0 Å². The molecule has 0 aromatic carbocycles. The summed E-state index contributed by atoms with van der Waals surface area (Å²) in [6.45, 7) is 7.87. The van der Waals surface area contributed by atoms with Gasteiger partial charge in [0.25, 0.3) is 0 Å². The fourth-order valence-corrected chi connectivity index (χ4v) is 2.99. The van der Waals surface area contributed by atoms with Crippen LogP contribution in [0.1, 0.15) is 38.8 Å². The second-order valence-corrected chi connectivity index (χ2v) is 5.44. The van der Waals surface area contributed by atoms with Crippen molar-refractivity contribution in [3.05, 3.63) is 11.1 Å². The first kappa shape index (κ1) is 12.5. The van der Waals surface area contributed by atoms with Gasteiger partial charge in [0.2, 0.25) is 5.91 Å². The van der Waals surface area contributed by atoms with Gasteiger partial charge in [-0.1, -0.05) is 20.8 Å². The fraction of sp³-hybridized carbons (Fsp3) is 0.667. The van der Waals surface area contributed by atoms with E-state index in [1.54, 1.807) is 11.3 Å². The van der Waals surface area contributed by atoms with E-state index in [1.807, 2.05) is 17.2 Å². The number of amides is 1. The zero-order chi connectivity index (χ0) is 12.4. The Kier molecular flexibility index (Phi) is 3.79. The maximum Gasteiger partial charge on any atom is 0.245 e. The largest absolute Gasteiger partial charge is 0.306 e. The second kappa shape index (κ2) is 5.14. The lowest BCUT2D eigenvalue weighted by Gasteiger charge is -2.13. The topological polar surface area (TPSA) is 45.2 Å². The summed E-state index contributed by atoms with van der Waals surface area (Å²) in [5, 5.41) is 6.11. The lowest BCUT2D eigenvalue weighted by Crippen LogP contribution is -2.38. The first-order valence-corrected chi connectivity index (χ1v) is 7.01. The Morgan fingerprint density at radius 1 is 1.65 bits per heavy atom. The van der Waals surface area contributed by atoms with Gasteiger partial charge in [0.15, 0.2) is 5.13 Å². The molecule has 0 radical (unpaired) electrons. The monoisotopic (exact) mass is 253 g/mol. The van der Waals surface area contributed by atoms with Crippen LogP contribution in [0.2, 0.25) is 0 Å². The van der Waals surface area contributed by atoms with Gasteiger partial charge in [0, 0.05) is 11.9 Å². The van der Waals surface area contributed by atoms with Crippen LogP contribution >= 0.6 is 11.3 Å². The Morgan fingerprint density at radius 3 is 3.00 bits per heavy atom. The summed E-state index contributed by atoms with van der Waals surface area (Å²) >= 11 is 1.57. The molecule has 1 aromatic heterocycles. The van der Waals surface area contributed by atoms with Crippen molar-refractivity contribution >= 4 is 22.4 Å². The van der Waals surface area contributed by atoms with Crippen LogP contribution in [0.5, 0.6) is 0 Å². The third-order valence-corrected chi connectivity index (χ3v) is 3.87. The van der Waals surface area contributed by atoms with E-state index in [-0.39, 0.29) is 11.9 Å². The minimum atomic E-state index is -0.0219. The summed E-state index contributed by atoms with van der Waals surface area (Å²) in [4.78, 5) is 18.4. The van der Waals surface area contributed by atoms with Crippen LogP contribution < -0.4 is 10.2 Å². The molecule has 1 N–H and O–H groups in total. The van der Waals surface area contributed by atoms with E-state index in [0.29, 0.717) is 5.92 Å². The van der Waals surface area contributed by atoms with Gasteiger partial charge in [-0.05, 0) is 18.9 Å². The molecule has 1 saturated heterocycles. The molecule has 1 atom stereocenters. The molecule has 2 heterocycles. The molecular formula is C12H19N3OS. The van der Waals surface area contributed by atoms with Crippen LogP contribution in [-0.4, -0.2) is 30.0 Å². The molecule has 0 bridgehead atoms. The molecule has 4 nitrogen and oxygen atoms in total. The van der Waals surface area contributed by atoms with Gasteiger partial charge < -0.3 is 5.32 Å². The fourth-order valence-electron chi connectivity index (χ4n) is 1.97. The molecule has 5 heteroatoms. The minimum absolute atomic E-state index is 0.0219. The molecule has 1 aliphatic rings. The number of nitrogens with zero attached hydrogens (tertiary/aromatic N) is 2. The van der Waals surface area contributed by atoms with Crippen LogP contribution in [0.3, 0.4) is 0 Å². The summed E-state index contributed by atoms with van der Waals surface area (Å²) in [5.41, 5.74) is 1.07. The van der Waals surface area contributed by atoms with Crippen LogP contribution in [0.4, 0.5) is 5.13 Å². The first-order valence-electron chi connectivity index (χ1n) is 6.13. The van der Waals surface area contributed by atoms with E-state index >= 15 is 0 Å². The summed E-state index contributed by atoms with van der Waals surface area (Å²) in [6, 6.07) is -0.0219. The lowest BCUT2D eigenvalue weighted by molar-refractivity contribution is -0.118. The molecule has 1 aromatic rings. The van der Waals surface area contributed by atoms with Crippen molar-refractivity contribution in [2.45, 2.75) is 39.2 Å². The Balaban J connectivity index is 2.10. The van der Waals surface area contributed by atoms with Crippen molar-refractivity contribution in [2.75, 3.05) is 18.0 Å². The molecule has 0 aliphatic carbocycles. The Hall–Kier alpha value is -0.940. The van der Waals surface area contributed by atoms with Gasteiger partial charge in [-0.3, -0.25) is 9.69 Å². The normalized spacial score (nSPS) is 20.6. The average molecular weight is 253 g/mol. The highest BCUT2D eigenvalue weighted by Gasteiger charge is 2.33. The number of carbonyl (C=O) groups excluding carboxylic acids is 1. The third kappa shape index (κ3) is 2.50. The lowest BCUT2D eigenvalue weighted by atomic mass is 10.2. The van der Waals surface area contributed by atoms with Crippen molar-refractivity contribution in [3.8, 4) is 0 Å². The minimum Gasteiger partial charge on any atom is -0.306 e. The maximum atomic E-state index is 12.1. The van der Waals surface area contributed by atoms with Crippen LogP contribution in [0, 0.1) is 0 Å². The van der Waals surface area contributed by atoms with E-state index in [4.69, 9.17) is 0 Å². The summed E-state index contributed by atoms with van der Waals surface area (Å²) < 4.78 is 0. The van der Waals surface area contributed by atoms with E-state index < -0.39 is 0 Å². The third-order valence-electron chi connectivity index (χ3n) is 2.99. The predicted octanol–water partition coefficient (Wildman–Crippen LogP) is 1.98. The standard InChI is InChI=1S/C12H19N3OS/c1-4-13-9-5-6-15(11(9)16)12-14-10(7-17-12)8(2)3/h7-9,13H,4-6H2,1-3H3. The molecular weight excluding hydrogens is 234 g/mol. The molecule has 0 spiro atoms. The summed E-state index contributed by atoms with van der Waals surface area (Å²) in [6.07, 6.45) is 0.878. The molecule has 1 aliphatic heterocycles. The highest BCUT2D eigenvalue weighted by molar-refractivity contribution is 7.14. The van der Waals surface area contributed by atoms with Crippen molar-refractivity contribution in [2.24, 2.45) is 0 Å². The summed E-state index contributed by atoms with van der Waals surface area (Å²) in [7, 11) is 0. The van der Waals surface area contributed by atoms with Gasteiger partial charge in [-0.15, -0.1) is 11.3 Å². The van der Waals surface area contributed by atoms with Gasteiger partial charge >= 0.3 is 0 Å². The van der Waals surface area contributed by atoms with Crippen molar-refractivity contribution < 1.29 is 4.79 Å². The first-order chi connectivity index (χ1) is 8.13. The zero-order valence-corrected chi connectivity index (χ0v) is 11.4. The van der Waals surface area contributed by atoms with Crippen molar-refractivity contribution in [1.82, 2.24) is 10.3 Å². The van der Waals surface area contributed by atoms with E-state index in [1.165, 1.54) is 0 Å². The number of nitrogens with one attached hydrogen (secondary N) is 1. The quantitative estimate of drug-likeness (QED) is 0.892. The maximum absolute atomic E-state index is 12.1. The number of thiazole rings is 1.